The Hall–Kier alpha value is -4.27. The van der Waals surface area contributed by atoms with Gasteiger partial charge in [0, 0.05) is 42.0 Å². The van der Waals surface area contributed by atoms with Crippen LogP contribution in [0, 0.1) is 11.9 Å². The molecular formula is C28H30FN7O. The van der Waals surface area contributed by atoms with Gasteiger partial charge in [0.05, 0.1) is 5.39 Å². The molecule has 3 aromatic rings. The summed E-state index contributed by atoms with van der Waals surface area (Å²) in [6.07, 6.45) is 12.5. The van der Waals surface area contributed by atoms with Gasteiger partial charge in [-0.3, -0.25) is 4.79 Å². The van der Waals surface area contributed by atoms with Crippen molar-refractivity contribution in [3.63, 3.8) is 0 Å². The number of amides is 1. The van der Waals surface area contributed by atoms with Gasteiger partial charge in [-0.05, 0) is 55.9 Å². The summed E-state index contributed by atoms with van der Waals surface area (Å²) in [5, 5.41) is 10.0. The van der Waals surface area contributed by atoms with Crippen LogP contribution in [0.2, 0.25) is 0 Å². The maximum Gasteiger partial charge on any atom is 0.222 e. The fraction of sp³-hybridized carbons (Fsp3) is 0.286. The largest absolute Gasteiger partial charge is 0.366 e. The topological polar surface area (TPSA) is 108 Å². The molecule has 1 saturated heterocycles. The van der Waals surface area contributed by atoms with E-state index in [1.807, 2.05) is 25.2 Å². The Morgan fingerprint density at radius 2 is 2.00 bits per heavy atom. The average molecular weight is 500 g/mol. The van der Waals surface area contributed by atoms with Crippen molar-refractivity contribution in [1.82, 2.24) is 25.3 Å². The van der Waals surface area contributed by atoms with Crippen LogP contribution in [0.4, 0.5) is 16.0 Å². The third-order valence-corrected chi connectivity index (χ3v) is 6.72. The quantitative estimate of drug-likeness (QED) is 0.242. The summed E-state index contributed by atoms with van der Waals surface area (Å²) in [7, 11) is 0. The normalized spacial score (nSPS) is 18.2. The van der Waals surface area contributed by atoms with Crippen molar-refractivity contribution in [3.8, 4) is 0 Å². The summed E-state index contributed by atoms with van der Waals surface area (Å²) in [6, 6.07) is 3.33. The first kappa shape index (κ1) is 24.4. The minimum absolute atomic E-state index is 0.000918. The molecule has 1 amide bonds. The molecule has 1 aliphatic carbocycles. The van der Waals surface area contributed by atoms with Gasteiger partial charge in [0.2, 0.25) is 11.9 Å². The van der Waals surface area contributed by atoms with Crippen LogP contribution in [0.1, 0.15) is 43.7 Å². The van der Waals surface area contributed by atoms with Crippen molar-refractivity contribution >= 4 is 34.1 Å². The van der Waals surface area contributed by atoms with E-state index in [2.05, 4.69) is 49.0 Å². The van der Waals surface area contributed by atoms with Gasteiger partial charge in [0.15, 0.2) is 0 Å². The molecule has 190 valence electrons. The van der Waals surface area contributed by atoms with Crippen molar-refractivity contribution in [2.45, 2.75) is 38.6 Å². The van der Waals surface area contributed by atoms with Gasteiger partial charge in [-0.1, -0.05) is 30.9 Å². The fourth-order valence-electron chi connectivity index (χ4n) is 4.43. The molecule has 37 heavy (non-hydrogen) atoms. The first-order chi connectivity index (χ1) is 17.9. The predicted octanol–water partition coefficient (Wildman–Crippen LogP) is 5.08. The van der Waals surface area contributed by atoms with Crippen molar-refractivity contribution < 1.29 is 9.18 Å². The molecule has 1 atom stereocenters. The molecule has 0 bridgehead atoms. The van der Waals surface area contributed by atoms with Crippen LogP contribution < -0.4 is 16.0 Å². The first-order valence-corrected chi connectivity index (χ1v) is 12.4. The number of hydrogen-bond donors (Lipinski definition) is 4. The lowest BCUT2D eigenvalue weighted by Crippen LogP contribution is -2.39. The second kappa shape index (κ2) is 10.4. The highest BCUT2D eigenvalue weighted by atomic mass is 19.1. The molecule has 1 saturated carbocycles. The van der Waals surface area contributed by atoms with Crippen LogP contribution in [0.5, 0.6) is 0 Å². The van der Waals surface area contributed by atoms with E-state index < -0.39 is 5.95 Å². The summed E-state index contributed by atoms with van der Waals surface area (Å²) >= 11 is 0. The van der Waals surface area contributed by atoms with Gasteiger partial charge in [0.25, 0.3) is 0 Å². The molecule has 1 unspecified atom stereocenters. The lowest BCUT2D eigenvalue weighted by Gasteiger charge is -2.24. The summed E-state index contributed by atoms with van der Waals surface area (Å²) in [4.78, 5) is 27.8. The number of carbonyl (C=O) groups is 1. The van der Waals surface area contributed by atoms with Crippen molar-refractivity contribution in [2.75, 3.05) is 17.2 Å². The van der Waals surface area contributed by atoms with E-state index in [-0.39, 0.29) is 17.5 Å². The van der Waals surface area contributed by atoms with E-state index in [0.29, 0.717) is 52.7 Å². The second-order valence-corrected chi connectivity index (χ2v) is 9.40. The third-order valence-electron chi connectivity index (χ3n) is 6.72. The van der Waals surface area contributed by atoms with Gasteiger partial charge in [-0.25, -0.2) is 15.0 Å². The Morgan fingerprint density at radius 1 is 1.16 bits per heavy atom. The number of aromatic nitrogens is 4. The summed E-state index contributed by atoms with van der Waals surface area (Å²) in [6.45, 7) is 10.8. The molecule has 0 aromatic carbocycles. The number of hydrogen-bond acceptors (Lipinski definition) is 6. The zero-order valence-corrected chi connectivity index (χ0v) is 20.8. The number of nitrogens with zero attached hydrogens (tertiary/aromatic N) is 3. The monoisotopic (exact) mass is 499 g/mol. The summed E-state index contributed by atoms with van der Waals surface area (Å²) < 4.78 is 15.2. The zero-order valence-electron chi connectivity index (χ0n) is 20.8. The van der Waals surface area contributed by atoms with Crippen molar-refractivity contribution in [1.29, 1.82) is 0 Å². The number of rotatable bonds is 9. The highest BCUT2D eigenvalue weighted by molar-refractivity contribution is 6.00. The number of pyridine rings is 1. The summed E-state index contributed by atoms with van der Waals surface area (Å²) in [5.41, 5.74) is 3.90. The standard InChI is InChI=1S/C28H30FN7O/c1-4-19(8-5-16(2)18-6-7-18)34-23-10-9-21(26(29)36-23)17(3)22-14-31-27-25(22)28(33-15-32-27)35-20-11-12-30-24(37)13-20/h4-5,8-10,14-15,18,20H,2-3,6-7,11-13H2,1H3,(H,30,37)(H,34,36)(H2,31,32,33,35)/b8-5-,19-4+. The number of halogens is 1. The number of allylic oxidation sites excluding steroid dienone is 4. The fourth-order valence-corrected chi connectivity index (χ4v) is 4.43. The van der Waals surface area contributed by atoms with Gasteiger partial charge >= 0.3 is 0 Å². The van der Waals surface area contributed by atoms with E-state index in [0.717, 1.165) is 17.7 Å². The number of anilines is 2. The van der Waals surface area contributed by atoms with E-state index in [1.54, 1.807) is 18.3 Å². The average Bonchev–Trinajstić information content (AvgIpc) is 3.65. The highest BCUT2D eigenvalue weighted by Gasteiger charge is 2.23. The first-order valence-electron chi connectivity index (χ1n) is 12.4. The van der Waals surface area contributed by atoms with Crippen molar-refractivity contribution in [2.24, 2.45) is 5.92 Å². The molecule has 9 heteroatoms. The number of carbonyl (C=O) groups excluding carboxylic acids is 1. The third kappa shape index (κ3) is 5.45. The minimum Gasteiger partial charge on any atom is -0.366 e. The van der Waals surface area contributed by atoms with Gasteiger partial charge in [-0.15, -0.1) is 0 Å². The Morgan fingerprint density at radius 3 is 2.73 bits per heavy atom. The number of fused-ring (bicyclic) bond motifs is 1. The Labute approximate surface area is 214 Å². The van der Waals surface area contributed by atoms with Crippen LogP contribution in [0.3, 0.4) is 0 Å². The molecule has 5 rings (SSSR count). The molecule has 8 nitrogen and oxygen atoms in total. The van der Waals surface area contributed by atoms with Crippen LogP contribution in [-0.2, 0) is 4.79 Å². The van der Waals surface area contributed by atoms with Gasteiger partial charge in [-0.2, -0.15) is 4.39 Å². The van der Waals surface area contributed by atoms with E-state index >= 15 is 4.39 Å². The molecule has 4 heterocycles. The van der Waals surface area contributed by atoms with Gasteiger partial charge < -0.3 is 20.9 Å². The van der Waals surface area contributed by atoms with E-state index in [9.17, 15) is 4.79 Å². The molecule has 4 N–H and O–H groups in total. The minimum atomic E-state index is -0.638. The molecule has 2 aliphatic rings. The predicted molar refractivity (Wildman–Crippen MR) is 144 cm³/mol. The van der Waals surface area contributed by atoms with Crippen LogP contribution in [0.25, 0.3) is 16.6 Å². The molecule has 2 fully saturated rings. The maximum absolute atomic E-state index is 15.2. The van der Waals surface area contributed by atoms with Crippen molar-refractivity contribution in [3.05, 3.63) is 84.4 Å². The van der Waals surface area contributed by atoms with Crippen LogP contribution in [-0.4, -0.2) is 38.4 Å². The maximum atomic E-state index is 15.2. The highest BCUT2D eigenvalue weighted by Crippen LogP contribution is 2.36. The molecule has 1 aliphatic heterocycles. The molecule has 0 radical (unpaired) electrons. The Bertz CT molecular complexity index is 1430. The summed E-state index contributed by atoms with van der Waals surface area (Å²) in [5.74, 6) is 0.915. The number of aromatic amines is 1. The second-order valence-electron chi connectivity index (χ2n) is 9.40. The molecule has 0 spiro atoms. The lowest BCUT2D eigenvalue weighted by molar-refractivity contribution is -0.122. The lowest BCUT2D eigenvalue weighted by atomic mass is 10.0. The SMILES string of the molecule is C=C(c1ccc(NC(/C=C\C(=C)C2CC2)=C/C)nc1F)c1c[nH]c2ncnc(NC3CCNC(=O)C3)c12. The van der Waals surface area contributed by atoms with E-state index in [1.165, 1.54) is 19.2 Å². The smallest absolute Gasteiger partial charge is 0.222 e. The molecule has 3 aromatic heterocycles. The van der Waals surface area contributed by atoms with E-state index in [4.69, 9.17) is 0 Å². The Balaban J connectivity index is 1.36. The van der Waals surface area contributed by atoms with Crippen LogP contribution in [0.15, 0.2) is 67.3 Å². The Kier molecular flexibility index (Phi) is 6.85. The zero-order chi connectivity index (χ0) is 25.9. The van der Waals surface area contributed by atoms with Gasteiger partial charge in [0.1, 0.15) is 23.6 Å². The van der Waals surface area contributed by atoms with Crippen LogP contribution >= 0.6 is 0 Å². The number of piperidine rings is 1. The number of H-pyrrole nitrogens is 1. The number of nitrogens with one attached hydrogen (secondary N) is 4. The molecular weight excluding hydrogens is 469 g/mol.